The number of benzene rings is 1. The summed E-state index contributed by atoms with van der Waals surface area (Å²) in [7, 11) is -3.51. The molecule has 5 nitrogen and oxygen atoms in total. The normalized spacial score (nSPS) is 13.1. The third-order valence-corrected chi connectivity index (χ3v) is 2.40. The fourth-order valence-corrected chi connectivity index (χ4v) is 1.52. The number of rotatable bonds is 5. The highest BCUT2D eigenvalue weighted by Crippen LogP contribution is 2.04. The number of carbonyl (C=O) groups is 1. The van der Waals surface area contributed by atoms with Crippen LogP contribution in [-0.4, -0.2) is 33.4 Å². The molecule has 94 valence electrons. The van der Waals surface area contributed by atoms with E-state index in [-0.39, 0.29) is 6.61 Å². The lowest BCUT2D eigenvalue weighted by Gasteiger charge is -2.12. The maximum Gasteiger partial charge on any atom is 0.338 e. The summed E-state index contributed by atoms with van der Waals surface area (Å²) in [5, 5.41) is 0. The van der Waals surface area contributed by atoms with Crippen LogP contribution in [0.1, 0.15) is 17.3 Å². The van der Waals surface area contributed by atoms with Gasteiger partial charge in [-0.15, -0.1) is 0 Å². The van der Waals surface area contributed by atoms with Crippen molar-refractivity contribution >= 4 is 16.1 Å². The molecule has 1 aromatic rings. The largest absolute Gasteiger partial charge is 0.457 e. The van der Waals surface area contributed by atoms with Crippen LogP contribution in [-0.2, 0) is 19.0 Å². The molecule has 0 radical (unpaired) electrons. The molecule has 0 aromatic heterocycles. The Hall–Kier alpha value is -1.40. The Bertz CT molecular complexity index is 466. The van der Waals surface area contributed by atoms with Crippen molar-refractivity contribution in [2.24, 2.45) is 0 Å². The molecular weight excluding hydrogens is 244 g/mol. The summed E-state index contributed by atoms with van der Waals surface area (Å²) in [6.45, 7) is 1.38. The Morgan fingerprint density at radius 3 is 2.41 bits per heavy atom. The molecular formula is C11H14O5S. The van der Waals surface area contributed by atoms with Gasteiger partial charge in [0.15, 0.2) is 0 Å². The van der Waals surface area contributed by atoms with Crippen molar-refractivity contribution < 1.29 is 22.1 Å². The topological polar surface area (TPSA) is 69.7 Å². The molecule has 17 heavy (non-hydrogen) atoms. The molecule has 0 aliphatic rings. The van der Waals surface area contributed by atoms with E-state index in [1.807, 2.05) is 0 Å². The second-order valence-corrected chi connectivity index (χ2v) is 5.21. The summed E-state index contributed by atoms with van der Waals surface area (Å²) >= 11 is 0. The monoisotopic (exact) mass is 258 g/mol. The Kier molecular flexibility index (Phi) is 4.65. The maximum atomic E-state index is 11.6. The lowest BCUT2D eigenvalue weighted by atomic mass is 10.2. The number of hydrogen-bond acceptors (Lipinski definition) is 5. The molecule has 1 atom stereocenters. The summed E-state index contributed by atoms with van der Waals surface area (Å²) in [6, 6.07) is 8.45. The van der Waals surface area contributed by atoms with Crippen LogP contribution < -0.4 is 0 Å². The van der Waals surface area contributed by atoms with E-state index in [2.05, 4.69) is 4.18 Å². The van der Waals surface area contributed by atoms with Gasteiger partial charge in [-0.25, -0.2) is 4.79 Å². The quantitative estimate of drug-likeness (QED) is 0.586. The minimum atomic E-state index is -3.51. The van der Waals surface area contributed by atoms with Gasteiger partial charge in [0.2, 0.25) is 0 Å². The van der Waals surface area contributed by atoms with Gasteiger partial charge < -0.3 is 4.74 Å². The fourth-order valence-electron chi connectivity index (χ4n) is 1.08. The average molecular weight is 258 g/mol. The van der Waals surface area contributed by atoms with Crippen molar-refractivity contribution in [3.63, 3.8) is 0 Å². The van der Waals surface area contributed by atoms with Gasteiger partial charge in [0.1, 0.15) is 12.7 Å². The van der Waals surface area contributed by atoms with E-state index in [1.54, 1.807) is 37.3 Å². The molecule has 0 aliphatic heterocycles. The van der Waals surface area contributed by atoms with E-state index in [4.69, 9.17) is 4.74 Å². The Morgan fingerprint density at radius 2 is 1.88 bits per heavy atom. The van der Waals surface area contributed by atoms with Crippen molar-refractivity contribution in [2.45, 2.75) is 13.0 Å². The van der Waals surface area contributed by atoms with Crippen LogP contribution in [0, 0.1) is 0 Å². The van der Waals surface area contributed by atoms with E-state index in [1.165, 1.54) is 0 Å². The predicted molar refractivity (Wildman–Crippen MR) is 62.1 cm³/mol. The molecule has 0 saturated carbocycles. The van der Waals surface area contributed by atoms with Gasteiger partial charge >= 0.3 is 5.97 Å². The molecule has 0 N–H and O–H groups in total. The first-order valence-corrected chi connectivity index (χ1v) is 6.80. The first-order chi connectivity index (χ1) is 7.88. The summed E-state index contributed by atoms with van der Waals surface area (Å²) in [6.07, 6.45) is 0.316. The molecule has 0 unspecified atom stereocenters. The van der Waals surface area contributed by atoms with E-state index >= 15 is 0 Å². The molecule has 1 aromatic carbocycles. The summed E-state index contributed by atoms with van der Waals surface area (Å²) < 4.78 is 31.0. The number of ether oxygens (including phenoxy) is 1. The van der Waals surface area contributed by atoms with E-state index in [0.717, 1.165) is 6.26 Å². The van der Waals surface area contributed by atoms with Crippen LogP contribution in [0.15, 0.2) is 30.3 Å². The minimum absolute atomic E-state index is 0.183. The first kappa shape index (κ1) is 13.7. The molecule has 1 rings (SSSR count). The predicted octanol–water partition coefficient (Wildman–Crippen LogP) is 1.21. The molecule has 0 saturated heterocycles. The molecule has 0 spiro atoms. The molecule has 6 heteroatoms. The van der Waals surface area contributed by atoms with Crippen LogP contribution in [0.3, 0.4) is 0 Å². The zero-order chi connectivity index (χ0) is 12.9. The van der Waals surface area contributed by atoms with E-state index < -0.39 is 22.2 Å². The van der Waals surface area contributed by atoms with Crippen molar-refractivity contribution in [1.29, 1.82) is 0 Å². The van der Waals surface area contributed by atoms with Crippen LogP contribution in [0.25, 0.3) is 0 Å². The fraction of sp³-hybridized carbons (Fsp3) is 0.364. The zero-order valence-corrected chi connectivity index (χ0v) is 10.4. The van der Waals surface area contributed by atoms with Gasteiger partial charge in [-0.1, -0.05) is 18.2 Å². The van der Waals surface area contributed by atoms with E-state index in [9.17, 15) is 13.2 Å². The van der Waals surface area contributed by atoms with Crippen molar-refractivity contribution in [1.82, 2.24) is 0 Å². The van der Waals surface area contributed by atoms with Gasteiger partial charge in [-0.2, -0.15) is 8.42 Å². The third-order valence-electron chi connectivity index (χ3n) is 1.83. The first-order valence-electron chi connectivity index (χ1n) is 4.99. The number of hydrogen-bond donors (Lipinski definition) is 0. The number of esters is 1. The molecule has 0 aliphatic carbocycles. The smallest absolute Gasteiger partial charge is 0.338 e. The molecule has 0 bridgehead atoms. The molecule has 0 amide bonds. The van der Waals surface area contributed by atoms with Crippen molar-refractivity contribution in [3.8, 4) is 0 Å². The summed E-state index contributed by atoms with van der Waals surface area (Å²) in [4.78, 5) is 11.6. The van der Waals surface area contributed by atoms with Gasteiger partial charge in [-0.05, 0) is 19.1 Å². The second kappa shape index (κ2) is 5.79. The van der Waals surface area contributed by atoms with Gasteiger partial charge in [0.25, 0.3) is 10.1 Å². The van der Waals surface area contributed by atoms with Crippen LogP contribution in [0.2, 0.25) is 0 Å². The third kappa shape index (κ3) is 5.46. The highest BCUT2D eigenvalue weighted by atomic mass is 32.2. The highest BCUT2D eigenvalue weighted by molar-refractivity contribution is 7.85. The van der Waals surface area contributed by atoms with Crippen LogP contribution >= 0.6 is 0 Å². The van der Waals surface area contributed by atoms with Crippen LogP contribution in [0.4, 0.5) is 0 Å². The molecule has 0 fully saturated rings. The van der Waals surface area contributed by atoms with Crippen molar-refractivity contribution in [2.75, 3.05) is 12.9 Å². The van der Waals surface area contributed by atoms with E-state index in [0.29, 0.717) is 5.56 Å². The standard InChI is InChI=1S/C11H14O5S/c1-9(8-15-17(2,13)14)16-11(12)10-6-4-3-5-7-10/h3-7,9H,8H2,1-2H3/t9-/m1/s1. The van der Waals surface area contributed by atoms with Gasteiger partial charge in [0, 0.05) is 0 Å². The Morgan fingerprint density at radius 1 is 1.29 bits per heavy atom. The lowest BCUT2D eigenvalue weighted by Crippen LogP contribution is -2.22. The lowest BCUT2D eigenvalue weighted by molar-refractivity contribution is 0.0235. The second-order valence-electron chi connectivity index (χ2n) is 3.57. The zero-order valence-electron chi connectivity index (χ0n) is 9.62. The Balaban J connectivity index is 2.47. The highest BCUT2D eigenvalue weighted by Gasteiger charge is 2.13. The SMILES string of the molecule is C[C@H](COS(C)(=O)=O)OC(=O)c1ccccc1. The summed E-state index contributed by atoms with van der Waals surface area (Å²) in [5.74, 6) is -0.504. The molecule has 0 heterocycles. The van der Waals surface area contributed by atoms with Crippen molar-refractivity contribution in [3.05, 3.63) is 35.9 Å². The minimum Gasteiger partial charge on any atom is -0.457 e. The Labute approximate surface area is 100 Å². The van der Waals surface area contributed by atoms with Gasteiger partial charge in [-0.3, -0.25) is 4.18 Å². The summed E-state index contributed by atoms with van der Waals surface area (Å²) in [5.41, 5.74) is 0.415. The number of carbonyl (C=O) groups excluding carboxylic acids is 1. The van der Waals surface area contributed by atoms with Gasteiger partial charge in [0.05, 0.1) is 11.8 Å². The average Bonchev–Trinajstić information content (AvgIpc) is 2.27. The van der Waals surface area contributed by atoms with Crippen LogP contribution in [0.5, 0.6) is 0 Å². The maximum absolute atomic E-state index is 11.6.